The highest BCUT2D eigenvalue weighted by atomic mass is 32.2. The SMILES string of the molecule is CCC(CC)CNc1ccc(S(C)(=O)=O)cc1N. The van der Waals surface area contributed by atoms with Crippen molar-refractivity contribution in [2.75, 3.05) is 23.9 Å². The molecule has 4 nitrogen and oxygen atoms in total. The van der Waals surface area contributed by atoms with E-state index in [1.54, 1.807) is 12.1 Å². The number of benzene rings is 1. The summed E-state index contributed by atoms with van der Waals surface area (Å²) in [6.45, 7) is 5.17. The Morgan fingerprint density at radius 3 is 2.33 bits per heavy atom. The zero-order chi connectivity index (χ0) is 13.8. The highest BCUT2D eigenvalue weighted by Gasteiger charge is 2.10. The van der Waals surface area contributed by atoms with E-state index in [2.05, 4.69) is 19.2 Å². The van der Waals surface area contributed by atoms with Crippen LogP contribution in [0.4, 0.5) is 11.4 Å². The lowest BCUT2D eigenvalue weighted by atomic mass is 10.0. The molecule has 1 aromatic rings. The largest absolute Gasteiger partial charge is 0.397 e. The summed E-state index contributed by atoms with van der Waals surface area (Å²) >= 11 is 0. The Kier molecular flexibility index (Phi) is 5.02. The van der Waals surface area contributed by atoms with Crippen molar-refractivity contribution in [1.29, 1.82) is 0 Å². The maximum atomic E-state index is 11.4. The van der Waals surface area contributed by atoms with Crippen molar-refractivity contribution in [3.8, 4) is 0 Å². The molecular formula is C13H22N2O2S. The summed E-state index contributed by atoms with van der Waals surface area (Å²) in [4.78, 5) is 0.257. The number of rotatable bonds is 6. The monoisotopic (exact) mass is 270 g/mol. The van der Waals surface area contributed by atoms with E-state index >= 15 is 0 Å². The number of sulfone groups is 1. The Labute approximate surface area is 110 Å². The van der Waals surface area contributed by atoms with Gasteiger partial charge in [0.25, 0.3) is 0 Å². The molecule has 0 amide bonds. The number of hydrogen-bond acceptors (Lipinski definition) is 4. The van der Waals surface area contributed by atoms with Crippen LogP contribution in [0.2, 0.25) is 0 Å². The Morgan fingerprint density at radius 1 is 1.28 bits per heavy atom. The van der Waals surface area contributed by atoms with E-state index in [1.807, 2.05) is 0 Å². The normalized spacial score (nSPS) is 11.8. The molecule has 0 heterocycles. The molecule has 0 saturated heterocycles. The van der Waals surface area contributed by atoms with Crippen LogP contribution in [-0.2, 0) is 9.84 Å². The van der Waals surface area contributed by atoms with Crippen molar-refractivity contribution in [3.63, 3.8) is 0 Å². The Morgan fingerprint density at radius 2 is 1.89 bits per heavy atom. The highest BCUT2D eigenvalue weighted by molar-refractivity contribution is 7.90. The summed E-state index contributed by atoms with van der Waals surface area (Å²) < 4.78 is 22.8. The van der Waals surface area contributed by atoms with Crippen LogP contribution in [0.5, 0.6) is 0 Å². The molecule has 5 heteroatoms. The van der Waals surface area contributed by atoms with E-state index in [1.165, 1.54) is 12.3 Å². The van der Waals surface area contributed by atoms with E-state index in [0.717, 1.165) is 25.1 Å². The molecule has 0 atom stereocenters. The number of nitrogens with one attached hydrogen (secondary N) is 1. The van der Waals surface area contributed by atoms with Crippen LogP contribution >= 0.6 is 0 Å². The van der Waals surface area contributed by atoms with E-state index in [9.17, 15) is 8.42 Å². The van der Waals surface area contributed by atoms with Gasteiger partial charge in [-0.3, -0.25) is 0 Å². The van der Waals surface area contributed by atoms with Gasteiger partial charge in [-0.25, -0.2) is 8.42 Å². The van der Waals surface area contributed by atoms with Gasteiger partial charge in [0.1, 0.15) is 0 Å². The molecule has 0 aromatic heterocycles. The molecule has 1 aromatic carbocycles. The number of anilines is 2. The van der Waals surface area contributed by atoms with Crippen LogP contribution in [0.3, 0.4) is 0 Å². The summed E-state index contributed by atoms with van der Waals surface area (Å²) in [5.41, 5.74) is 7.14. The molecule has 3 N–H and O–H groups in total. The van der Waals surface area contributed by atoms with Gasteiger partial charge in [-0.2, -0.15) is 0 Å². The van der Waals surface area contributed by atoms with Gasteiger partial charge in [-0.1, -0.05) is 26.7 Å². The van der Waals surface area contributed by atoms with Crippen LogP contribution in [0.15, 0.2) is 23.1 Å². The van der Waals surface area contributed by atoms with Gasteiger partial charge in [0.05, 0.1) is 16.3 Å². The van der Waals surface area contributed by atoms with Crippen LogP contribution in [0.1, 0.15) is 26.7 Å². The topological polar surface area (TPSA) is 72.2 Å². The molecule has 0 saturated carbocycles. The van der Waals surface area contributed by atoms with Crippen molar-refractivity contribution in [2.24, 2.45) is 5.92 Å². The number of nitrogens with two attached hydrogens (primary N) is 1. The van der Waals surface area contributed by atoms with Gasteiger partial charge in [-0.15, -0.1) is 0 Å². The lowest BCUT2D eigenvalue weighted by Crippen LogP contribution is -2.14. The zero-order valence-corrected chi connectivity index (χ0v) is 12.0. The summed E-state index contributed by atoms with van der Waals surface area (Å²) in [6.07, 6.45) is 3.41. The van der Waals surface area contributed by atoms with Crippen molar-refractivity contribution < 1.29 is 8.42 Å². The van der Waals surface area contributed by atoms with Crippen LogP contribution in [-0.4, -0.2) is 21.2 Å². The van der Waals surface area contributed by atoms with Gasteiger partial charge in [-0.05, 0) is 24.1 Å². The van der Waals surface area contributed by atoms with E-state index in [4.69, 9.17) is 5.73 Å². The van der Waals surface area contributed by atoms with Gasteiger partial charge < -0.3 is 11.1 Å². The lowest BCUT2D eigenvalue weighted by Gasteiger charge is -2.16. The maximum Gasteiger partial charge on any atom is 0.175 e. The minimum absolute atomic E-state index is 0.257. The third-order valence-electron chi connectivity index (χ3n) is 3.19. The molecule has 0 aliphatic rings. The standard InChI is InChI=1S/C13H22N2O2S/c1-4-10(5-2)9-15-13-7-6-11(8-12(13)14)18(3,16)17/h6-8,10,15H,4-5,9,14H2,1-3H3. The molecule has 102 valence electrons. The highest BCUT2D eigenvalue weighted by Crippen LogP contribution is 2.23. The summed E-state index contributed by atoms with van der Waals surface area (Å²) in [5, 5.41) is 3.27. The van der Waals surface area contributed by atoms with Crippen LogP contribution < -0.4 is 11.1 Å². The second-order valence-electron chi connectivity index (χ2n) is 4.58. The molecule has 0 fully saturated rings. The minimum atomic E-state index is -3.19. The Hall–Kier alpha value is -1.23. The Balaban J connectivity index is 2.81. The quantitative estimate of drug-likeness (QED) is 0.779. The molecule has 0 aliphatic heterocycles. The second-order valence-corrected chi connectivity index (χ2v) is 6.60. The zero-order valence-electron chi connectivity index (χ0n) is 11.2. The molecule has 0 spiro atoms. The summed E-state index contributed by atoms with van der Waals surface area (Å²) in [7, 11) is -3.19. The van der Waals surface area contributed by atoms with Crippen molar-refractivity contribution in [2.45, 2.75) is 31.6 Å². The van der Waals surface area contributed by atoms with Crippen molar-refractivity contribution in [3.05, 3.63) is 18.2 Å². The lowest BCUT2D eigenvalue weighted by molar-refractivity contribution is 0.519. The van der Waals surface area contributed by atoms with Crippen LogP contribution in [0, 0.1) is 5.92 Å². The average Bonchev–Trinajstić information content (AvgIpc) is 2.30. The van der Waals surface area contributed by atoms with Gasteiger partial charge >= 0.3 is 0 Å². The fourth-order valence-electron chi connectivity index (χ4n) is 1.76. The first-order valence-electron chi connectivity index (χ1n) is 6.21. The summed E-state index contributed by atoms with van der Waals surface area (Å²) in [6, 6.07) is 4.82. The smallest absolute Gasteiger partial charge is 0.175 e. The predicted octanol–water partition coefficient (Wildman–Crippen LogP) is 2.52. The molecule has 0 unspecified atom stereocenters. The molecule has 0 bridgehead atoms. The third-order valence-corrected chi connectivity index (χ3v) is 4.30. The second kappa shape index (κ2) is 6.09. The number of hydrogen-bond donors (Lipinski definition) is 2. The van der Waals surface area contributed by atoms with Crippen molar-refractivity contribution >= 4 is 21.2 Å². The Bertz CT molecular complexity index is 494. The van der Waals surface area contributed by atoms with Gasteiger partial charge in [0, 0.05) is 12.8 Å². The molecule has 1 rings (SSSR count). The predicted molar refractivity (Wildman–Crippen MR) is 76.5 cm³/mol. The first-order chi connectivity index (χ1) is 8.38. The van der Waals surface area contributed by atoms with Gasteiger partial charge in [0.2, 0.25) is 0 Å². The van der Waals surface area contributed by atoms with E-state index in [-0.39, 0.29) is 4.90 Å². The molecule has 0 radical (unpaired) electrons. The van der Waals surface area contributed by atoms with E-state index < -0.39 is 9.84 Å². The third kappa shape index (κ3) is 3.91. The first-order valence-corrected chi connectivity index (χ1v) is 8.11. The van der Waals surface area contributed by atoms with Crippen LogP contribution in [0.25, 0.3) is 0 Å². The fraction of sp³-hybridized carbons (Fsp3) is 0.538. The summed E-state index contributed by atoms with van der Waals surface area (Å²) in [5.74, 6) is 0.610. The number of nitrogen functional groups attached to an aromatic ring is 1. The fourth-order valence-corrected chi connectivity index (χ4v) is 2.42. The van der Waals surface area contributed by atoms with Gasteiger partial charge in [0.15, 0.2) is 9.84 Å². The molecular weight excluding hydrogens is 248 g/mol. The van der Waals surface area contributed by atoms with Crippen molar-refractivity contribution in [1.82, 2.24) is 0 Å². The maximum absolute atomic E-state index is 11.4. The average molecular weight is 270 g/mol. The minimum Gasteiger partial charge on any atom is -0.397 e. The molecule has 18 heavy (non-hydrogen) atoms. The van der Waals surface area contributed by atoms with E-state index in [0.29, 0.717) is 11.6 Å². The molecule has 0 aliphatic carbocycles. The first kappa shape index (κ1) is 14.8.